The van der Waals surface area contributed by atoms with E-state index in [0.29, 0.717) is 6.42 Å². The van der Waals surface area contributed by atoms with Crippen molar-refractivity contribution in [2.75, 3.05) is 13.2 Å². The monoisotopic (exact) mass is 256 g/mol. The molecule has 0 bridgehead atoms. The van der Waals surface area contributed by atoms with Crippen LogP contribution in [0.15, 0.2) is 12.2 Å². The third-order valence-electron chi connectivity index (χ3n) is 2.60. The van der Waals surface area contributed by atoms with Gasteiger partial charge in [0.2, 0.25) is 0 Å². The van der Waals surface area contributed by atoms with E-state index in [2.05, 4.69) is 0 Å². The summed E-state index contributed by atoms with van der Waals surface area (Å²) in [6, 6.07) is 0. The Labute approximate surface area is 109 Å². The second-order valence-electron chi connectivity index (χ2n) is 4.37. The molecule has 0 saturated carbocycles. The van der Waals surface area contributed by atoms with Crippen molar-refractivity contribution < 1.29 is 19.1 Å². The van der Waals surface area contributed by atoms with Gasteiger partial charge in [0.05, 0.1) is 13.2 Å². The van der Waals surface area contributed by atoms with E-state index in [9.17, 15) is 9.59 Å². The minimum absolute atomic E-state index is 0.246. The zero-order valence-electron chi connectivity index (χ0n) is 12.0. The third kappa shape index (κ3) is 4.17. The highest BCUT2D eigenvalue weighted by Gasteiger charge is 2.45. The van der Waals surface area contributed by atoms with Gasteiger partial charge >= 0.3 is 11.9 Å². The van der Waals surface area contributed by atoms with Crippen molar-refractivity contribution in [3.63, 3.8) is 0 Å². The highest BCUT2D eigenvalue weighted by atomic mass is 16.6. The molecule has 4 nitrogen and oxygen atoms in total. The van der Waals surface area contributed by atoms with Crippen LogP contribution in [0.5, 0.6) is 0 Å². The van der Waals surface area contributed by atoms with Gasteiger partial charge in [-0.2, -0.15) is 0 Å². The van der Waals surface area contributed by atoms with Crippen LogP contribution >= 0.6 is 0 Å². The van der Waals surface area contributed by atoms with Crippen LogP contribution in [-0.2, 0) is 19.1 Å². The van der Waals surface area contributed by atoms with E-state index < -0.39 is 17.4 Å². The maximum Gasteiger partial charge on any atom is 0.327 e. The molecule has 104 valence electrons. The molecule has 0 rings (SSSR count). The van der Waals surface area contributed by atoms with Crippen LogP contribution in [-0.4, -0.2) is 25.2 Å². The molecule has 0 fully saturated rings. The van der Waals surface area contributed by atoms with Gasteiger partial charge in [0.1, 0.15) is 0 Å². The Morgan fingerprint density at radius 2 is 1.50 bits per heavy atom. The average molecular weight is 256 g/mol. The molecule has 0 amide bonds. The van der Waals surface area contributed by atoms with Gasteiger partial charge in [-0.3, -0.25) is 9.59 Å². The predicted molar refractivity (Wildman–Crippen MR) is 70.0 cm³/mol. The first-order valence-corrected chi connectivity index (χ1v) is 6.48. The van der Waals surface area contributed by atoms with Crippen LogP contribution in [0.3, 0.4) is 0 Å². The van der Waals surface area contributed by atoms with Crippen molar-refractivity contribution in [2.24, 2.45) is 11.3 Å². The highest BCUT2D eigenvalue weighted by molar-refractivity contribution is 6.02. The van der Waals surface area contributed by atoms with Gasteiger partial charge in [-0.05, 0) is 26.2 Å². The fourth-order valence-electron chi connectivity index (χ4n) is 1.50. The fourth-order valence-corrected chi connectivity index (χ4v) is 1.50. The lowest BCUT2D eigenvalue weighted by Crippen LogP contribution is -2.40. The molecular weight excluding hydrogens is 232 g/mol. The molecule has 0 radical (unpaired) electrons. The van der Waals surface area contributed by atoms with Crippen LogP contribution in [0.1, 0.15) is 41.0 Å². The van der Waals surface area contributed by atoms with E-state index in [4.69, 9.17) is 9.47 Å². The Hall–Kier alpha value is -1.32. The number of carbonyl (C=O) groups is 2. The van der Waals surface area contributed by atoms with E-state index in [1.54, 1.807) is 26.8 Å². The first kappa shape index (κ1) is 16.7. The Morgan fingerprint density at radius 1 is 1.06 bits per heavy atom. The standard InChI is InChI=1S/C14H24O4/c1-6-14(10-9-11(4)5,12(15)17-7-2)13(16)18-8-3/h9-11H,6-8H2,1-5H3/b10-9+. The lowest BCUT2D eigenvalue weighted by molar-refractivity contribution is -0.168. The predicted octanol–water partition coefficient (Wildman–Crippen LogP) is 2.72. The van der Waals surface area contributed by atoms with Gasteiger partial charge < -0.3 is 9.47 Å². The maximum absolute atomic E-state index is 12.1. The van der Waals surface area contributed by atoms with Crippen molar-refractivity contribution >= 4 is 11.9 Å². The second-order valence-corrected chi connectivity index (χ2v) is 4.37. The summed E-state index contributed by atoms with van der Waals surface area (Å²) in [4.78, 5) is 24.1. The smallest absolute Gasteiger partial charge is 0.327 e. The summed E-state index contributed by atoms with van der Waals surface area (Å²) in [7, 11) is 0. The van der Waals surface area contributed by atoms with Crippen molar-refractivity contribution in [1.29, 1.82) is 0 Å². The molecule has 0 aliphatic heterocycles. The van der Waals surface area contributed by atoms with Crippen LogP contribution in [0.4, 0.5) is 0 Å². The van der Waals surface area contributed by atoms with Gasteiger partial charge in [0, 0.05) is 0 Å². The quantitative estimate of drug-likeness (QED) is 0.399. The van der Waals surface area contributed by atoms with Crippen LogP contribution in [0.25, 0.3) is 0 Å². The van der Waals surface area contributed by atoms with E-state index in [0.717, 1.165) is 0 Å². The second kappa shape index (κ2) is 7.90. The number of hydrogen-bond donors (Lipinski definition) is 0. The largest absolute Gasteiger partial charge is 0.465 e. The topological polar surface area (TPSA) is 52.6 Å². The number of carbonyl (C=O) groups excluding carboxylic acids is 2. The lowest BCUT2D eigenvalue weighted by Gasteiger charge is -2.24. The fraction of sp³-hybridized carbons (Fsp3) is 0.714. The minimum atomic E-state index is -1.31. The van der Waals surface area contributed by atoms with Gasteiger partial charge in [0.25, 0.3) is 0 Å². The summed E-state index contributed by atoms with van der Waals surface area (Å²) >= 11 is 0. The van der Waals surface area contributed by atoms with Gasteiger partial charge in [-0.1, -0.05) is 32.9 Å². The Balaban J connectivity index is 5.31. The summed E-state index contributed by atoms with van der Waals surface area (Å²) in [5.74, 6) is -0.828. The third-order valence-corrected chi connectivity index (χ3v) is 2.60. The highest BCUT2D eigenvalue weighted by Crippen LogP contribution is 2.28. The van der Waals surface area contributed by atoms with Crippen molar-refractivity contribution in [3.05, 3.63) is 12.2 Å². The van der Waals surface area contributed by atoms with E-state index in [-0.39, 0.29) is 19.1 Å². The number of hydrogen-bond acceptors (Lipinski definition) is 4. The van der Waals surface area contributed by atoms with Gasteiger partial charge in [-0.25, -0.2) is 0 Å². The van der Waals surface area contributed by atoms with Crippen molar-refractivity contribution in [3.8, 4) is 0 Å². The minimum Gasteiger partial charge on any atom is -0.465 e. The lowest BCUT2D eigenvalue weighted by atomic mass is 9.84. The van der Waals surface area contributed by atoms with Crippen molar-refractivity contribution in [1.82, 2.24) is 0 Å². The summed E-state index contributed by atoms with van der Waals surface area (Å²) in [5.41, 5.74) is -1.31. The average Bonchev–Trinajstić information content (AvgIpc) is 2.30. The molecule has 0 aromatic heterocycles. The van der Waals surface area contributed by atoms with Crippen molar-refractivity contribution in [2.45, 2.75) is 41.0 Å². The zero-order valence-corrected chi connectivity index (χ0v) is 12.0. The number of esters is 2. The molecule has 0 atom stereocenters. The summed E-state index contributed by atoms with van der Waals surface area (Å²) in [6.07, 6.45) is 3.78. The van der Waals surface area contributed by atoms with E-state index in [1.165, 1.54) is 0 Å². The maximum atomic E-state index is 12.1. The molecule has 0 aliphatic rings. The molecule has 0 spiro atoms. The van der Waals surface area contributed by atoms with E-state index >= 15 is 0 Å². The van der Waals surface area contributed by atoms with Crippen LogP contribution in [0.2, 0.25) is 0 Å². The van der Waals surface area contributed by atoms with Crippen LogP contribution < -0.4 is 0 Å². The molecule has 18 heavy (non-hydrogen) atoms. The molecule has 0 heterocycles. The molecule has 0 aromatic rings. The zero-order chi connectivity index (χ0) is 14.2. The molecular formula is C14H24O4. The molecule has 0 aromatic carbocycles. The summed E-state index contributed by atoms with van der Waals surface area (Å²) < 4.78 is 10.0. The van der Waals surface area contributed by atoms with Gasteiger partial charge in [-0.15, -0.1) is 0 Å². The first-order valence-electron chi connectivity index (χ1n) is 6.48. The molecule has 0 aliphatic carbocycles. The molecule has 0 N–H and O–H groups in total. The van der Waals surface area contributed by atoms with Gasteiger partial charge in [0.15, 0.2) is 5.41 Å². The molecule has 0 saturated heterocycles. The Kier molecular flexibility index (Phi) is 7.32. The number of allylic oxidation sites excluding steroid dienone is 1. The summed E-state index contributed by atoms with van der Waals surface area (Å²) in [6.45, 7) is 9.66. The number of rotatable bonds is 7. The Bertz CT molecular complexity index is 287. The molecule has 4 heteroatoms. The SMILES string of the molecule is CCOC(=O)C(/C=C/C(C)C)(CC)C(=O)OCC. The molecule has 0 unspecified atom stereocenters. The first-order chi connectivity index (χ1) is 8.44. The summed E-state index contributed by atoms with van der Waals surface area (Å²) in [5, 5.41) is 0. The van der Waals surface area contributed by atoms with Crippen LogP contribution in [0, 0.1) is 11.3 Å². The number of ether oxygens (including phenoxy) is 2. The normalized spacial score (nSPS) is 11.9. The Morgan fingerprint density at radius 3 is 1.78 bits per heavy atom. The van der Waals surface area contributed by atoms with E-state index in [1.807, 2.05) is 19.9 Å².